The van der Waals surface area contributed by atoms with Crippen LogP contribution < -0.4 is 0 Å². The molecule has 21 heavy (non-hydrogen) atoms. The zero-order valence-corrected chi connectivity index (χ0v) is 14.3. The summed E-state index contributed by atoms with van der Waals surface area (Å²) in [6.07, 6.45) is 6.41. The second-order valence-corrected chi connectivity index (χ2v) is 7.70. The molecule has 0 N–H and O–H groups in total. The Kier molecular flexibility index (Phi) is 4.80. The molecule has 2 nitrogen and oxygen atoms in total. The number of nitrogens with zero attached hydrogens (tertiary/aromatic N) is 1. The molecule has 3 rings (SSSR count). The van der Waals surface area contributed by atoms with Crippen molar-refractivity contribution in [2.24, 2.45) is 17.8 Å². The number of carbonyl (C=O) groups excluding carboxylic acids is 1. The largest absolute Gasteiger partial charge is 0.306 e. The Morgan fingerprint density at radius 3 is 2.76 bits per heavy atom. The van der Waals surface area contributed by atoms with Crippen molar-refractivity contribution in [1.82, 2.24) is 4.90 Å². The predicted octanol–water partition coefficient (Wildman–Crippen LogP) is 4.39. The molecule has 0 heterocycles. The lowest BCUT2D eigenvalue weighted by Crippen LogP contribution is -2.30. The Morgan fingerprint density at radius 1 is 1.29 bits per heavy atom. The van der Waals surface area contributed by atoms with Gasteiger partial charge in [0.2, 0.25) is 0 Å². The van der Waals surface area contributed by atoms with Crippen molar-refractivity contribution >= 4 is 21.7 Å². The molecule has 3 unspecified atom stereocenters. The van der Waals surface area contributed by atoms with Gasteiger partial charge in [0.1, 0.15) is 0 Å². The molecule has 2 aliphatic carbocycles. The normalized spacial score (nSPS) is 27.5. The summed E-state index contributed by atoms with van der Waals surface area (Å²) >= 11 is 3.46. The Hall–Kier alpha value is -0.670. The summed E-state index contributed by atoms with van der Waals surface area (Å²) in [5.74, 6) is 3.10. The summed E-state index contributed by atoms with van der Waals surface area (Å²) in [4.78, 5) is 14.6. The van der Waals surface area contributed by atoms with Gasteiger partial charge in [0, 0.05) is 29.5 Å². The Morgan fingerprint density at radius 2 is 2.10 bits per heavy atom. The van der Waals surface area contributed by atoms with E-state index in [4.69, 9.17) is 0 Å². The first kappa shape index (κ1) is 15.2. The van der Waals surface area contributed by atoms with Gasteiger partial charge >= 0.3 is 0 Å². The minimum Gasteiger partial charge on any atom is -0.306 e. The quantitative estimate of drug-likeness (QED) is 0.709. The van der Waals surface area contributed by atoms with E-state index in [1.54, 1.807) is 0 Å². The average molecular weight is 350 g/mol. The molecule has 2 saturated carbocycles. The van der Waals surface area contributed by atoms with Gasteiger partial charge in [-0.1, -0.05) is 40.5 Å². The topological polar surface area (TPSA) is 20.3 Å². The molecule has 0 amide bonds. The molecule has 114 valence electrons. The molecule has 3 atom stereocenters. The van der Waals surface area contributed by atoms with Crippen LogP contribution in [0, 0.1) is 17.8 Å². The highest BCUT2D eigenvalue weighted by atomic mass is 79.9. The molecule has 2 bridgehead atoms. The first-order valence-corrected chi connectivity index (χ1v) is 8.89. The fraction of sp³-hybridized carbons (Fsp3) is 0.611. The second kappa shape index (κ2) is 6.62. The van der Waals surface area contributed by atoms with Crippen molar-refractivity contribution in [1.29, 1.82) is 0 Å². The van der Waals surface area contributed by atoms with Crippen molar-refractivity contribution in [2.75, 3.05) is 20.1 Å². The SMILES string of the molecule is CN(CCC(=O)c1ccccc1Br)CC1CC2CCC1C2. The third kappa shape index (κ3) is 3.57. The van der Waals surface area contributed by atoms with Crippen LogP contribution in [0.4, 0.5) is 0 Å². The summed E-state index contributed by atoms with van der Waals surface area (Å²) < 4.78 is 0.908. The van der Waals surface area contributed by atoms with Crippen LogP contribution in [-0.2, 0) is 0 Å². The Balaban J connectivity index is 1.46. The summed E-state index contributed by atoms with van der Waals surface area (Å²) in [5.41, 5.74) is 0.811. The number of hydrogen-bond acceptors (Lipinski definition) is 2. The number of halogens is 1. The van der Waals surface area contributed by atoms with E-state index < -0.39 is 0 Å². The highest BCUT2D eigenvalue weighted by Crippen LogP contribution is 2.48. The van der Waals surface area contributed by atoms with Gasteiger partial charge in [0.05, 0.1) is 0 Å². The highest BCUT2D eigenvalue weighted by Gasteiger charge is 2.39. The van der Waals surface area contributed by atoms with E-state index in [1.807, 2.05) is 24.3 Å². The van der Waals surface area contributed by atoms with Gasteiger partial charge in [0.15, 0.2) is 5.78 Å². The number of Topliss-reactive ketones (excluding diaryl/α,β-unsaturated/α-hetero) is 1. The number of carbonyl (C=O) groups is 1. The summed E-state index contributed by atoms with van der Waals surface area (Å²) in [7, 11) is 2.17. The maximum atomic E-state index is 12.3. The summed E-state index contributed by atoms with van der Waals surface area (Å²) in [5, 5.41) is 0. The van der Waals surface area contributed by atoms with E-state index in [9.17, 15) is 4.79 Å². The number of rotatable bonds is 6. The summed E-state index contributed by atoms with van der Waals surface area (Å²) in [6, 6.07) is 7.72. The van der Waals surface area contributed by atoms with Gasteiger partial charge in [-0.05, 0) is 50.1 Å². The molecule has 0 aromatic heterocycles. The molecule has 0 aliphatic heterocycles. The van der Waals surface area contributed by atoms with Crippen molar-refractivity contribution in [3.05, 3.63) is 34.3 Å². The minimum absolute atomic E-state index is 0.238. The first-order chi connectivity index (χ1) is 10.1. The molecule has 2 aliphatic rings. The zero-order valence-electron chi connectivity index (χ0n) is 12.7. The lowest BCUT2D eigenvalue weighted by Gasteiger charge is -2.27. The molecular weight excluding hydrogens is 326 g/mol. The molecule has 1 aromatic rings. The van der Waals surface area contributed by atoms with Crippen LogP contribution in [-0.4, -0.2) is 30.8 Å². The van der Waals surface area contributed by atoms with Crippen molar-refractivity contribution in [2.45, 2.75) is 32.1 Å². The lowest BCUT2D eigenvalue weighted by atomic mass is 9.88. The maximum Gasteiger partial charge on any atom is 0.165 e. The third-order valence-electron chi connectivity index (χ3n) is 5.33. The number of ketones is 1. The molecule has 2 fully saturated rings. The molecule has 3 heteroatoms. The second-order valence-electron chi connectivity index (χ2n) is 6.85. The van der Waals surface area contributed by atoms with Gasteiger partial charge in [-0.2, -0.15) is 0 Å². The van der Waals surface area contributed by atoms with E-state index in [-0.39, 0.29) is 5.78 Å². The predicted molar refractivity (Wildman–Crippen MR) is 89.5 cm³/mol. The minimum atomic E-state index is 0.238. The van der Waals surface area contributed by atoms with Crippen molar-refractivity contribution in [3.8, 4) is 0 Å². The maximum absolute atomic E-state index is 12.3. The van der Waals surface area contributed by atoms with Crippen LogP contribution in [0.1, 0.15) is 42.5 Å². The van der Waals surface area contributed by atoms with Crippen LogP contribution in [0.25, 0.3) is 0 Å². The third-order valence-corrected chi connectivity index (χ3v) is 6.02. The number of fused-ring (bicyclic) bond motifs is 2. The lowest BCUT2D eigenvalue weighted by molar-refractivity contribution is 0.0962. The standard InChI is InChI=1S/C18H24BrNO/c1-20(12-15-11-13-6-7-14(15)10-13)9-8-18(21)16-4-2-3-5-17(16)19/h2-5,13-15H,6-12H2,1H3. The molecular formula is C18H24BrNO. The van der Waals surface area contributed by atoms with E-state index in [2.05, 4.69) is 27.9 Å². The van der Waals surface area contributed by atoms with Crippen molar-refractivity contribution in [3.63, 3.8) is 0 Å². The van der Waals surface area contributed by atoms with Crippen LogP contribution in [0.2, 0.25) is 0 Å². The van der Waals surface area contributed by atoms with Gasteiger partial charge in [-0.15, -0.1) is 0 Å². The first-order valence-electron chi connectivity index (χ1n) is 8.09. The van der Waals surface area contributed by atoms with Crippen LogP contribution >= 0.6 is 15.9 Å². The molecule has 1 aromatic carbocycles. The molecule has 0 saturated heterocycles. The zero-order chi connectivity index (χ0) is 14.8. The van der Waals surface area contributed by atoms with Crippen LogP contribution in [0.3, 0.4) is 0 Å². The Bertz CT molecular complexity index is 516. The van der Waals surface area contributed by atoms with Crippen LogP contribution in [0.5, 0.6) is 0 Å². The highest BCUT2D eigenvalue weighted by molar-refractivity contribution is 9.10. The average Bonchev–Trinajstić information content (AvgIpc) is 3.08. The van der Waals surface area contributed by atoms with Gasteiger partial charge in [-0.25, -0.2) is 0 Å². The van der Waals surface area contributed by atoms with E-state index in [0.29, 0.717) is 6.42 Å². The van der Waals surface area contributed by atoms with Crippen molar-refractivity contribution < 1.29 is 4.79 Å². The molecule has 0 radical (unpaired) electrons. The fourth-order valence-corrected chi connectivity index (χ4v) is 4.71. The van der Waals surface area contributed by atoms with E-state index in [1.165, 1.54) is 32.2 Å². The van der Waals surface area contributed by atoms with Gasteiger partial charge in [-0.3, -0.25) is 4.79 Å². The monoisotopic (exact) mass is 349 g/mol. The van der Waals surface area contributed by atoms with Gasteiger partial charge < -0.3 is 4.90 Å². The number of benzene rings is 1. The van der Waals surface area contributed by atoms with Gasteiger partial charge in [0.25, 0.3) is 0 Å². The number of hydrogen-bond donors (Lipinski definition) is 0. The fourth-order valence-electron chi connectivity index (χ4n) is 4.21. The van der Waals surface area contributed by atoms with Crippen LogP contribution in [0.15, 0.2) is 28.7 Å². The molecule has 0 spiro atoms. The summed E-state index contributed by atoms with van der Waals surface area (Å²) in [6.45, 7) is 2.04. The van der Waals surface area contributed by atoms with E-state index >= 15 is 0 Å². The van der Waals surface area contributed by atoms with E-state index in [0.717, 1.165) is 34.3 Å². The Labute approximate surface area is 136 Å². The smallest absolute Gasteiger partial charge is 0.165 e.